The molecular weight excluding hydrogens is 508 g/mol. The zero-order valence-corrected chi connectivity index (χ0v) is 23.0. The molecule has 40 heavy (non-hydrogen) atoms. The van der Waals surface area contributed by atoms with E-state index in [4.69, 9.17) is 19.3 Å². The molecule has 2 amide bonds. The Morgan fingerprint density at radius 1 is 0.925 bits per heavy atom. The Labute approximate surface area is 233 Å². The number of carbonyl (C=O) groups excluding carboxylic acids is 2. The molecule has 5 rings (SSSR count). The van der Waals surface area contributed by atoms with Crippen LogP contribution in [0.1, 0.15) is 28.5 Å². The number of rotatable bonds is 9. The molecule has 1 aliphatic heterocycles. The van der Waals surface area contributed by atoms with Crippen LogP contribution in [0, 0.1) is 0 Å². The van der Waals surface area contributed by atoms with Crippen LogP contribution in [0.25, 0.3) is 11.3 Å². The van der Waals surface area contributed by atoms with Gasteiger partial charge < -0.3 is 24.4 Å². The van der Waals surface area contributed by atoms with E-state index >= 15 is 0 Å². The maximum atomic E-state index is 14.0. The molecule has 1 atom stereocenters. The first-order chi connectivity index (χ1) is 19.4. The van der Waals surface area contributed by atoms with Crippen molar-refractivity contribution in [2.45, 2.75) is 32.1 Å². The first kappa shape index (κ1) is 26.8. The van der Waals surface area contributed by atoms with E-state index in [1.54, 1.807) is 43.9 Å². The summed E-state index contributed by atoms with van der Waals surface area (Å²) in [5, 5.41) is 7.76. The van der Waals surface area contributed by atoms with E-state index in [2.05, 4.69) is 5.32 Å². The second-order valence-corrected chi connectivity index (χ2v) is 9.81. The molecule has 206 valence electrons. The first-order valence-electron chi connectivity index (χ1n) is 12.9. The molecule has 0 saturated heterocycles. The van der Waals surface area contributed by atoms with Gasteiger partial charge in [-0.2, -0.15) is 5.10 Å². The van der Waals surface area contributed by atoms with Crippen molar-refractivity contribution in [1.82, 2.24) is 20.0 Å². The third-order valence-electron chi connectivity index (χ3n) is 7.30. The monoisotopic (exact) mass is 540 g/mol. The Bertz CT molecular complexity index is 1510. The number of benzene rings is 3. The maximum Gasteiger partial charge on any atom is 0.273 e. The van der Waals surface area contributed by atoms with Gasteiger partial charge in [0.15, 0.2) is 0 Å². The van der Waals surface area contributed by atoms with Crippen LogP contribution in [0.5, 0.6) is 17.2 Å². The standard InChI is InChI=1S/C31H32N4O5/c1-31(30(37)32-18-23-7-5-6-8-28(23)40-4)20-35-27(17-26(33-35)22-11-15-25(39-3)16-12-22)29(36)34(31)19-21-9-13-24(38-2)14-10-21/h5-17H,18-20H2,1-4H3,(H,32,37)/t31-/m0/s1. The van der Waals surface area contributed by atoms with Gasteiger partial charge in [0.1, 0.15) is 28.5 Å². The Balaban J connectivity index is 1.48. The molecule has 1 N–H and O–H groups in total. The molecule has 0 bridgehead atoms. The van der Waals surface area contributed by atoms with Crippen LogP contribution in [0.15, 0.2) is 78.9 Å². The van der Waals surface area contributed by atoms with E-state index in [1.807, 2.05) is 72.8 Å². The van der Waals surface area contributed by atoms with Crippen molar-refractivity contribution in [2.24, 2.45) is 0 Å². The van der Waals surface area contributed by atoms with Crippen LogP contribution in [0.3, 0.4) is 0 Å². The summed E-state index contributed by atoms with van der Waals surface area (Å²) in [4.78, 5) is 29.5. The zero-order valence-electron chi connectivity index (χ0n) is 23.0. The number of methoxy groups -OCH3 is 3. The highest BCUT2D eigenvalue weighted by Crippen LogP contribution is 2.32. The third-order valence-corrected chi connectivity index (χ3v) is 7.30. The van der Waals surface area contributed by atoms with Gasteiger partial charge in [0.25, 0.3) is 5.91 Å². The van der Waals surface area contributed by atoms with Gasteiger partial charge >= 0.3 is 0 Å². The smallest absolute Gasteiger partial charge is 0.273 e. The molecule has 2 heterocycles. The number of nitrogens with one attached hydrogen (secondary N) is 1. The van der Waals surface area contributed by atoms with Gasteiger partial charge in [0, 0.05) is 24.2 Å². The SMILES string of the molecule is COc1ccc(CN2C(=O)c3cc(-c4ccc(OC)cc4)nn3C[C@@]2(C)C(=O)NCc2ccccc2OC)cc1. The number of ether oxygens (including phenoxy) is 3. The number of carbonyl (C=O) groups is 2. The minimum Gasteiger partial charge on any atom is -0.497 e. The van der Waals surface area contributed by atoms with Crippen molar-refractivity contribution >= 4 is 11.8 Å². The number of hydrogen-bond acceptors (Lipinski definition) is 6. The molecule has 0 aliphatic carbocycles. The summed E-state index contributed by atoms with van der Waals surface area (Å²) in [5.41, 5.74) is 2.42. The molecular formula is C31H32N4O5. The Hall–Kier alpha value is -4.79. The first-order valence-corrected chi connectivity index (χ1v) is 12.9. The predicted octanol–water partition coefficient (Wildman–Crippen LogP) is 4.31. The largest absolute Gasteiger partial charge is 0.497 e. The number of fused-ring (bicyclic) bond motifs is 1. The minimum atomic E-state index is -1.21. The fourth-order valence-electron chi connectivity index (χ4n) is 4.92. The van der Waals surface area contributed by atoms with Crippen LogP contribution in [-0.2, 0) is 24.4 Å². The molecule has 0 saturated carbocycles. The van der Waals surface area contributed by atoms with Crippen LogP contribution in [-0.4, -0.2) is 53.4 Å². The van der Waals surface area contributed by atoms with Crippen LogP contribution in [0.2, 0.25) is 0 Å². The summed E-state index contributed by atoms with van der Waals surface area (Å²) in [5.74, 6) is 1.57. The normalized spacial score (nSPS) is 16.3. The molecule has 4 aromatic rings. The second-order valence-electron chi connectivity index (χ2n) is 9.81. The number of aromatic nitrogens is 2. The van der Waals surface area contributed by atoms with Gasteiger partial charge in [-0.3, -0.25) is 14.3 Å². The summed E-state index contributed by atoms with van der Waals surface area (Å²) in [6.07, 6.45) is 0. The lowest BCUT2D eigenvalue weighted by Gasteiger charge is -2.43. The van der Waals surface area contributed by atoms with Gasteiger partial charge in [-0.05, 0) is 61.0 Å². The van der Waals surface area contributed by atoms with Gasteiger partial charge in [-0.1, -0.05) is 30.3 Å². The highest BCUT2D eigenvalue weighted by atomic mass is 16.5. The van der Waals surface area contributed by atoms with Crippen molar-refractivity contribution in [3.05, 3.63) is 95.7 Å². The summed E-state index contributed by atoms with van der Waals surface area (Å²) in [7, 11) is 4.81. The molecule has 1 aromatic heterocycles. The topological polar surface area (TPSA) is 94.9 Å². The maximum absolute atomic E-state index is 14.0. The molecule has 1 aliphatic rings. The van der Waals surface area contributed by atoms with E-state index in [9.17, 15) is 9.59 Å². The Kier molecular flexibility index (Phi) is 7.46. The number of para-hydroxylation sites is 1. The van der Waals surface area contributed by atoms with Gasteiger partial charge in [-0.15, -0.1) is 0 Å². The lowest BCUT2D eigenvalue weighted by molar-refractivity contribution is -0.133. The fraction of sp³-hybridized carbons (Fsp3) is 0.258. The second kappa shape index (κ2) is 11.1. The summed E-state index contributed by atoms with van der Waals surface area (Å²) in [6.45, 7) is 2.47. The van der Waals surface area contributed by atoms with Crippen molar-refractivity contribution < 1.29 is 23.8 Å². The molecule has 3 aromatic carbocycles. The third kappa shape index (κ3) is 5.10. The van der Waals surface area contributed by atoms with E-state index in [0.29, 0.717) is 22.9 Å². The van der Waals surface area contributed by atoms with Gasteiger partial charge in [0.2, 0.25) is 5.91 Å². The molecule has 0 spiro atoms. The average molecular weight is 541 g/mol. The summed E-state index contributed by atoms with van der Waals surface area (Å²) >= 11 is 0. The minimum absolute atomic E-state index is 0.193. The molecule has 0 unspecified atom stereocenters. The molecule has 9 heteroatoms. The van der Waals surface area contributed by atoms with E-state index in [0.717, 1.165) is 22.4 Å². The molecule has 9 nitrogen and oxygen atoms in total. The Morgan fingerprint density at radius 2 is 1.57 bits per heavy atom. The number of nitrogens with zero attached hydrogens (tertiary/aromatic N) is 3. The van der Waals surface area contributed by atoms with Crippen molar-refractivity contribution in [3.8, 4) is 28.5 Å². The van der Waals surface area contributed by atoms with Gasteiger partial charge in [0.05, 0.1) is 33.6 Å². The van der Waals surface area contributed by atoms with Crippen LogP contribution < -0.4 is 19.5 Å². The zero-order chi connectivity index (χ0) is 28.3. The highest BCUT2D eigenvalue weighted by Gasteiger charge is 2.48. The molecule has 0 fully saturated rings. The van der Waals surface area contributed by atoms with Crippen LogP contribution in [0.4, 0.5) is 0 Å². The predicted molar refractivity (Wildman–Crippen MR) is 150 cm³/mol. The Morgan fingerprint density at radius 3 is 2.23 bits per heavy atom. The fourth-order valence-corrected chi connectivity index (χ4v) is 4.92. The van der Waals surface area contributed by atoms with Crippen molar-refractivity contribution in [2.75, 3.05) is 21.3 Å². The quantitative estimate of drug-likeness (QED) is 0.340. The lowest BCUT2D eigenvalue weighted by atomic mass is 9.94. The number of hydrogen-bond donors (Lipinski definition) is 1. The van der Waals surface area contributed by atoms with Crippen molar-refractivity contribution in [1.29, 1.82) is 0 Å². The number of amides is 2. The van der Waals surface area contributed by atoms with Crippen LogP contribution >= 0.6 is 0 Å². The summed E-state index contributed by atoms with van der Waals surface area (Å²) in [6, 6.07) is 24.3. The summed E-state index contributed by atoms with van der Waals surface area (Å²) < 4.78 is 17.6. The average Bonchev–Trinajstić information content (AvgIpc) is 3.42. The highest BCUT2D eigenvalue weighted by molar-refractivity contribution is 6.00. The van der Waals surface area contributed by atoms with E-state index in [1.165, 1.54) is 0 Å². The molecule has 0 radical (unpaired) electrons. The lowest BCUT2D eigenvalue weighted by Crippen LogP contribution is -2.63. The van der Waals surface area contributed by atoms with E-state index in [-0.39, 0.29) is 31.4 Å². The van der Waals surface area contributed by atoms with Gasteiger partial charge in [-0.25, -0.2) is 0 Å². The van der Waals surface area contributed by atoms with E-state index < -0.39 is 5.54 Å². The van der Waals surface area contributed by atoms with Crippen molar-refractivity contribution in [3.63, 3.8) is 0 Å².